The number of para-hydroxylation sites is 2. The van der Waals surface area contributed by atoms with E-state index in [1.54, 1.807) is 0 Å². The van der Waals surface area contributed by atoms with Crippen LogP contribution < -0.4 is 9.47 Å². The Hall–Kier alpha value is -1.26. The van der Waals surface area contributed by atoms with Gasteiger partial charge >= 0.3 is 0 Å². The fourth-order valence-corrected chi connectivity index (χ4v) is 2.09. The van der Waals surface area contributed by atoms with Crippen molar-refractivity contribution in [3.8, 4) is 11.5 Å². The first-order valence-electron chi connectivity index (χ1n) is 6.53. The van der Waals surface area contributed by atoms with Crippen molar-refractivity contribution in [3.05, 3.63) is 24.3 Å². The van der Waals surface area contributed by atoms with Crippen LogP contribution in [0, 0.1) is 0 Å². The van der Waals surface area contributed by atoms with Crippen LogP contribution in [0.15, 0.2) is 24.3 Å². The average molecular weight is 251 g/mol. The summed E-state index contributed by atoms with van der Waals surface area (Å²) in [6.45, 7) is 7.05. The fourth-order valence-electron chi connectivity index (χ4n) is 2.09. The molecule has 18 heavy (non-hydrogen) atoms. The zero-order valence-electron chi connectivity index (χ0n) is 11.0. The Balaban J connectivity index is 1.96. The van der Waals surface area contributed by atoms with Crippen LogP contribution >= 0.6 is 0 Å². The highest BCUT2D eigenvalue weighted by atomic mass is 16.6. The molecular weight excluding hydrogens is 230 g/mol. The van der Waals surface area contributed by atoms with Gasteiger partial charge in [-0.1, -0.05) is 26.0 Å². The predicted octanol–water partition coefficient (Wildman–Crippen LogP) is 1.53. The van der Waals surface area contributed by atoms with E-state index >= 15 is 0 Å². The third-order valence-electron chi connectivity index (χ3n) is 3.30. The molecule has 0 bridgehead atoms. The van der Waals surface area contributed by atoms with E-state index < -0.39 is 6.10 Å². The lowest BCUT2D eigenvalue weighted by molar-refractivity contribution is -0.0242. The molecule has 0 saturated carbocycles. The van der Waals surface area contributed by atoms with Crippen molar-refractivity contribution in [2.75, 3.05) is 26.2 Å². The minimum absolute atomic E-state index is 0.291. The zero-order chi connectivity index (χ0) is 13.0. The highest BCUT2D eigenvalue weighted by Gasteiger charge is 2.28. The molecular formula is C14H21NO3. The van der Waals surface area contributed by atoms with Gasteiger partial charge in [-0.05, 0) is 25.2 Å². The molecule has 2 atom stereocenters. The minimum Gasteiger partial charge on any atom is -0.486 e. The molecule has 0 fully saturated rings. The number of aliphatic hydroxyl groups excluding tert-OH is 1. The normalized spacial score (nSPS) is 19.9. The molecule has 4 heteroatoms. The van der Waals surface area contributed by atoms with Gasteiger partial charge in [0.25, 0.3) is 0 Å². The number of hydrogen-bond acceptors (Lipinski definition) is 4. The van der Waals surface area contributed by atoms with Crippen molar-refractivity contribution in [2.24, 2.45) is 0 Å². The van der Waals surface area contributed by atoms with Gasteiger partial charge in [0.05, 0.1) is 0 Å². The zero-order valence-corrected chi connectivity index (χ0v) is 11.0. The Morgan fingerprint density at radius 2 is 1.94 bits per heavy atom. The van der Waals surface area contributed by atoms with E-state index in [0.29, 0.717) is 18.9 Å². The van der Waals surface area contributed by atoms with Crippen molar-refractivity contribution < 1.29 is 14.6 Å². The van der Waals surface area contributed by atoms with Crippen LogP contribution in [0.3, 0.4) is 0 Å². The second kappa shape index (κ2) is 6.07. The summed E-state index contributed by atoms with van der Waals surface area (Å²) in [4.78, 5) is 2.18. The third-order valence-corrected chi connectivity index (χ3v) is 3.30. The van der Waals surface area contributed by atoms with Crippen LogP contribution in [-0.2, 0) is 0 Å². The Bertz CT molecular complexity index is 379. The van der Waals surface area contributed by atoms with Crippen LogP contribution in [0.1, 0.15) is 13.8 Å². The quantitative estimate of drug-likeness (QED) is 0.861. The first-order valence-corrected chi connectivity index (χ1v) is 6.53. The number of hydrogen-bond donors (Lipinski definition) is 1. The summed E-state index contributed by atoms with van der Waals surface area (Å²) in [7, 11) is 0. The summed E-state index contributed by atoms with van der Waals surface area (Å²) in [6, 6.07) is 7.56. The second-order valence-electron chi connectivity index (χ2n) is 4.47. The molecule has 1 aromatic rings. The molecule has 0 saturated heterocycles. The monoisotopic (exact) mass is 251 g/mol. The highest BCUT2D eigenvalue weighted by molar-refractivity contribution is 5.40. The van der Waals surface area contributed by atoms with Crippen molar-refractivity contribution in [3.63, 3.8) is 0 Å². The van der Waals surface area contributed by atoms with E-state index in [2.05, 4.69) is 18.7 Å². The third kappa shape index (κ3) is 2.94. The molecule has 0 aliphatic carbocycles. The smallest absolute Gasteiger partial charge is 0.161 e. The summed E-state index contributed by atoms with van der Waals surface area (Å²) in [6.07, 6.45) is -0.821. The maximum absolute atomic E-state index is 10.2. The predicted molar refractivity (Wildman–Crippen MR) is 70.1 cm³/mol. The van der Waals surface area contributed by atoms with Gasteiger partial charge in [0, 0.05) is 6.54 Å². The van der Waals surface area contributed by atoms with Crippen LogP contribution in [0.25, 0.3) is 0 Å². The Morgan fingerprint density at radius 1 is 1.28 bits per heavy atom. The molecule has 4 nitrogen and oxygen atoms in total. The van der Waals surface area contributed by atoms with Crippen molar-refractivity contribution >= 4 is 0 Å². The number of ether oxygens (including phenoxy) is 2. The van der Waals surface area contributed by atoms with Gasteiger partial charge in [-0.2, -0.15) is 0 Å². The fraction of sp³-hybridized carbons (Fsp3) is 0.571. The molecule has 0 aromatic heterocycles. The van der Waals surface area contributed by atoms with Crippen LogP contribution in [0.4, 0.5) is 0 Å². The summed E-state index contributed by atoms with van der Waals surface area (Å²) < 4.78 is 11.4. The molecule has 0 unspecified atom stereocenters. The lowest BCUT2D eigenvalue weighted by atomic mass is 10.1. The number of benzene rings is 1. The number of nitrogens with zero attached hydrogens (tertiary/aromatic N) is 1. The first kappa shape index (κ1) is 13.2. The summed E-state index contributed by atoms with van der Waals surface area (Å²) in [5.74, 6) is 1.47. The van der Waals surface area contributed by atoms with Crippen LogP contribution in [0.5, 0.6) is 11.5 Å². The van der Waals surface area contributed by atoms with Crippen LogP contribution in [0.2, 0.25) is 0 Å². The Labute approximate surface area is 108 Å². The van der Waals surface area contributed by atoms with Crippen LogP contribution in [-0.4, -0.2) is 48.5 Å². The molecule has 0 amide bonds. The molecule has 2 rings (SSSR count). The van der Waals surface area contributed by atoms with Gasteiger partial charge in [0.1, 0.15) is 12.7 Å². The highest BCUT2D eigenvalue weighted by Crippen LogP contribution is 2.31. The van der Waals surface area contributed by atoms with Crippen molar-refractivity contribution in [1.82, 2.24) is 4.90 Å². The number of likely N-dealkylation sites (N-methyl/N-ethyl adjacent to an activating group) is 1. The topological polar surface area (TPSA) is 41.9 Å². The van der Waals surface area contributed by atoms with E-state index in [-0.39, 0.29) is 6.10 Å². The second-order valence-corrected chi connectivity index (χ2v) is 4.47. The van der Waals surface area contributed by atoms with E-state index in [1.807, 2.05) is 24.3 Å². The molecule has 1 aliphatic rings. The van der Waals surface area contributed by atoms with Crippen molar-refractivity contribution in [1.29, 1.82) is 0 Å². The molecule has 1 heterocycles. The van der Waals surface area contributed by atoms with Gasteiger partial charge in [-0.3, -0.25) is 0 Å². The van der Waals surface area contributed by atoms with Crippen molar-refractivity contribution in [2.45, 2.75) is 26.1 Å². The largest absolute Gasteiger partial charge is 0.486 e. The van der Waals surface area contributed by atoms with Gasteiger partial charge in [0.15, 0.2) is 17.6 Å². The summed E-state index contributed by atoms with van der Waals surface area (Å²) in [5, 5.41) is 10.2. The SMILES string of the molecule is CCN(CC)C[C@@H](O)[C@H]1COc2ccccc2O1. The molecule has 1 N–H and O–H groups in total. The Kier molecular flexibility index (Phi) is 4.44. The lowest BCUT2D eigenvalue weighted by Gasteiger charge is -2.32. The van der Waals surface area contributed by atoms with Gasteiger partial charge < -0.3 is 19.5 Å². The maximum atomic E-state index is 10.2. The first-order chi connectivity index (χ1) is 8.74. The van der Waals surface area contributed by atoms with Gasteiger partial charge in [-0.25, -0.2) is 0 Å². The van der Waals surface area contributed by atoms with Gasteiger partial charge in [0.2, 0.25) is 0 Å². The summed E-state index contributed by atoms with van der Waals surface area (Å²) >= 11 is 0. The average Bonchev–Trinajstić information content (AvgIpc) is 2.44. The number of fused-ring (bicyclic) bond motifs is 1. The standard InChI is InChI=1S/C14H21NO3/c1-3-15(4-2)9-11(16)14-10-17-12-7-5-6-8-13(12)18-14/h5-8,11,14,16H,3-4,9-10H2,1-2H3/t11-,14-/m1/s1. The molecule has 1 aromatic carbocycles. The van der Waals surface area contributed by atoms with E-state index in [0.717, 1.165) is 18.8 Å². The summed E-state index contributed by atoms with van der Waals surface area (Å²) in [5.41, 5.74) is 0. The molecule has 0 radical (unpaired) electrons. The molecule has 1 aliphatic heterocycles. The minimum atomic E-state index is -0.529. The number of aliphatic hydroxyl groups is 1. The molecule has 100 valence electrons. The Morgan fingerprint density at radius 3 is 2.61 bits per heavy atom. The van der Waals surface area contributed by atoms with E-state index in [1.165, 1.54) is 0 Å². The van der Waals surface area contributed by atoms with Gasteiger partial charge in [-0.15, -0.1) is 0 Å². The molecule has 0 spiro atoms. The maximum Gasteiger partial charge on any atom is 0.161 e. The number of rotatable bonds is 5. The lowest BCUT2D eigenvalue weighted by Crippen LogP contribution is -2.46. The van der Waals surface area contributed by atoms with E-state index in [9.17, 15) is 5.11 Å². The van der Waals surface area contributed by atoms with E-state index in [4.69, 9.17) is 9.47 Å².